The number of methoxy groups -OCH3 is 1. The maximum atomic E-state index is 12.7. The van der Waals surface area contributed by atoms with Crippen molar-refractivity contribution in [3.8, 4) is 6.07 Å². The molecule has 1 aliphatic carbocycles. The Balaban J connectivity index is 2.64. The number of hydrogen-bond donors (Lipinski definition) is 0. The molecule has 0 saturated heterocycles. The van der Waals surface area contributed by atoms with E-state index in [1.807, 2.05) is 6.07 Å². The molecule has 0 atom stereocenters. The maximum absolute atomic E-state index is 12.7. The Morgan fingerprint density at radius 3 is 2.27 bits per heavy atom. The third-order valence-electron chi connectivity index (χ3n) is 3.20. The quantitative estimate of drug-likeness (QED) is 0.718. The minimum Gasteiger partial charge on any atom is -0.369 e. The second-order valence-corrected chi connectivity index (χ2v) is 4.00. The van der Waals surface area contributed by atoms with E-state index in [1.54, 1.807) is 0 Å². The van der Waals surface area contributed by atoms with Gasteiger partial charge in [0.1, 0.15) is 0 Å². The van der Waals surface area contributed by atoms with Gasteiger partial charge >= 0.3 is 6.18 Å². The molecule has 0 N–H and O–H groups in total. The molecule has 0 aromatic carbocycles. The molecule has 0 radical (unpaired) electrons. The molecular weight excluding hydrogens is 207 g/mol. The van der Waals surface area contributed by atoms with Gasteiger partial charge in [0.2, 0.25) is 0 Å². The van der Waals surface area contributed by atoms with E-state index in [4.69, 9.17) is 5.26 Å². The topological polar surface area (TPSA) is 33.0 Å². The van der Waals surface area contributed by atoms with Crippen molar-refractivity contribution >= 4 is 0 Å². The van der Waals surface area contributed by atoms with Gasteiger partial charge in [0, 0.05) is 13.5 Å². The lowest BCUT2D eigenvalue weighted by molar-refractivity contribution is -0.281. The fourth-order valence-corrected chi connectivity index (χ4v) is 2.08. The highest BCUT2D eigenvalue weighted by Gasteiger charge is 2.56. The number of alkyl halides is 3. The molecule has 86 valence electrons. The van der Waals surface area contributed by atoms with E-state index in [9.17, 15) is 13.2 Å². The lowest BCUT2D eigenvalue weighted by Gasteiger charge is -2.39. The third kappa shape index (κ3) is 2.43. The largest absolute Gasteiger partial charge is 0.417 e. The van der Waals surface area contributed by atoms with E-state index in [2.05, 4.69) is 4.74 Å². The van der Waals surface area contributed by atoms with Crippen molar-refractivity contribution in [3.63, 3.8) is 0 Å². The van der Waals surface area contributed by atoms with Crippen LogP contribution in [0.25, 0.3) is 0 Å². The van der Waals surface area contributed by atoms with Crippen LogP contribution in [0.15, 0.2) is 0 Å². The lowest BCUT2D eigenvalue weighted by atomic mass is 9.77. The van der Waals surface area contributed by atoms with Gasteiger partial charge < -0.3 is 4.74 Å². The Kier molecular flexibility index (Phi) is 3.61. The van der Waals surface area contributed by atoms with Crippen LogP contribution in [0.5, 0.6) is 0 Å². The van der Waals surface area contributed by atoms with Gasteiger partial charge in [-0.25, -0.2) is 0 Å². The van der Waals surface area contributed by atoms with Crippen molar-refractivity contribution in [2.75, 3.05) is 7.11 Å². The van der Waals surface area contributed by atoms with Crippen molar-refractivity contribution < 1.29 is 17.9 Å². The standard InChI is InChI=1S/C10H14F3NO/c1-15-9(10(11,12)13)5-2-8(3-6-9)4-7-14/h8H,2-6H2,1H3. The van der Waals surface area contributed by atoms with Crippen LogP contribution in [0.3, 0.4) is 0 Å². The molecule has 0 aromatic heterocycles. The summed E-state index contributed by atoms with van der Waals surface area (Å²) in [5.41, 5.74) is -1.97. The molecule has 0 amide bonds. The molecule has 2 nitrogen and oxygen atoms in total. The maximum Gasteiger partial charge on any atom is 0.417 e. The Labute approximate surface area is 87.0 Å². The van der Waals surface area contributed by atoms with Crippen LogP contribution >= 0.6 is 0 Å². The molecule has 1 aliphatic rings. The second-order valence-electron chi connectivity index (χ2n) is 4.00. The highest BCUT2D eigenvalue weighted by molar-refractivity contribution is 4.94. The monoisotopic (exact) mass is 221 g/mol. The van der Waals surface area contributed by atoms with Crippen molar-refractivity contribution in [2.45, 2.75) is 43.9 Å². The number of nitriles is 1. The Morgan fingerprint density at radius 2 is 1.93 bits per heavy atom. The van der Waals surface area contributed by atoms with Crippen LogP contribution < -0.4 is 0 Å². The summed E-state index contributed by atoms with van der Waals surface area (Å²) >= 11 is 0. The first-order chi connectivity index (χ1) is 6.95. The fourth-order valence-electron chi connectivity index (χ4n) is 2.08. The molecular formula is C10H14F3NO. The first-order valence-electron chi connectivity index (χ1n) is 4.94. The van der Waals surface area contributed by atoms with Crippen LogP contribution in [0.2, 0.25) is 0 Å². The Hall–Kier alpha value is -0.760. The molecule has 0 bridgehead atoms. The molecule has 15 heavy (non-hydrogen) atoms. The zero-order chi connectivity index (χ0) is 11.5. The van der Waals surface area contributed by atoms with Crippen molar-refractivity contribution in [2.24, 2.45) is 5.92 Å². The van der Waals surface area contributed by atoms with Gasteiger partial charge in [0.15, 0.2) is 5.60 Å². The summed E-state index contributed by atoms with van der Waals surface area (Å²) in [7, 11) is 1.11. The Bertz CT molecular complexity index is 248. The summed E-state index contributed by atoms with van der Waals surface area (Å²) in [6.07, 6.45) is -3.18. The van der Waals surface area contributed by atoms with Crippen molar-refractivity contribution in [1.29, 1.82) is 5.26 Å². The molecule has 1 fully saturated rings. The number of nitrogens with zero attached hydrogens (tertiary/aromatic N) is 1. The van der Waals surface area contributed by atoms with Crippen molar-refractivity contribution in [1.82, 2.24) is 0 Å². The number of ether oxygens (including phenoxy) is 1. The van der Waals surface area contributed by atoms with Crippen LogP contribution in [-0.4, -0.2) is 18.9 Å². The van der Waals surface area contributed by atoms with Gasteiger partial charge in [-0.1, -0.05) is 0 Å². The lowest BCUT2D eigenvalue weighted by Crippen LogP contribution is -2.49. The smallest absolute Gasteiger partial charge is 0.369 e. The molecule has 0 unspecified atom stereocenters. The second kappa shape index (κ2) is 4.40. The summed E-state index contributed by atoms with van der Waals surface area (Å²) in [6.45, 7) is 0. The normalized spacial score (nSPS) is 32.3. The highest BCUT2D eigenvalue weighted by Crippen LogP contribution is 2.45. The first-order valence-corrected chi connectivity index (χ1v) is 4.94. The van der Waals surface area contributed by atoms with Gasteiger partial charge in [-0.2, -0.15) is 18.4 Å². The van der Waals surface area contributed by atoms with Crippen LogP contribution in [0.4, 0.5) is 13.2 Å². The van der Waals surface area contributed by atoms with E-state index in [-0.39, 0.29) is 18.8 Å². The van der Waals surface area contributed by atoms with Gasteiger partial charge in [0.25, 0.3) is 0 Å². The minimum absolute atomic E-state index is 0.0284. The van der Waals surface area contributed by atoms with Gasteiger partial charge in [-0.05, 0) is 31.6 Å². The number of halogens is 3. The average Bonchev–Trinajstić information content (AvgIpc) is 2.18. The van der Waals surface area contributed by atoms with Gasteiger partial charge in [-0.3, -0.25) is 0 Å². The number of hydrogen-bond acceptors (Lipinski definition) is 2. The molecule has 5 heteroatoms. The SMILES string of the molecule is COC1(C(F)(F)F)CCC(CC#N)CC1. The predicted molar refractivity (Wildman–Crippen MR) is 48.0 cm³/mol. The van der Waals surface area contributed by atoms with Crippen LogP contribution in [0.1, 0.15) is 32.1 Å². The summed E-state index contributed by atoms with van der Waals surface area (Å²) in [5, 5.41) is 8.46. The Morgan fingerprint density at radius 1 is 1.40 bits per heavy atom. The summed E-state index contributed by atoms with van der Waals surface area (Å²) < 4.78 is 42.8. The fraction of sp³-hybridized carbons (Fsp3) is 0.900. The zero-order valence-corrected chi connectivity index (χ0v) is 8.60. The molecule has 0 heterocycles. The van der Waals surface area contributed by atoms with E-state index < -0.39 is 11.8 Å². The molecule has 0 aromatic rings. The third-order valence-corrected chi connectivity index (χ3v) is 3.20. The number of rotatable bonds is 2. The minimum atomic E-state index is -4.31. The molecule has 1 saturated carbocycles. The summed E-state index contributed by atoms with van der Waals surface area (Å²) in [4.78, 5) is 0. The van der Waals surface area contributed by atoms with E-state index in [0.717, 1.165) is 7.11 Å². The molecule has 0 spiro atoms. The average molecular weight is 221 g/mol. The predicted octanol–water partition coefficient (Wildman–Crippen LogP) is 3.04. The highest BCUT2D eigenvalue weighted by atomic mass is 19.4. The summed E-state index contributed by atoms with van der Waals surface area (Å²) in [5.74, 6) is 0.0978. The van der Waals surface area contributed by atoms with E-state index >= 15 is 0 Å². The van der Waals surface area contributed by atoms with Gasteiger partial charge in [-0.15, -0.1) is 0 Å². The van der Waals surface area contributed by atoms with Crippen LogP contribution in [-0.2, 0) is 4.74 Å². The van der Waals surface area contributed by atoms with Crippen molar-refractivity contribution in [3.05, 3.63) is 0 Å². The molecule has 1 rings (SSSR count). The van der Waals surface area contributed by atoms with Gasteiger partial charge in [0.05, 0.1) is 6.07 Å². The van der Waals surface area contributed by atoms with E-state index in [0.29, 0.717) is 19.3 Å². The van der Waals surface area contributed by atoms with Crippen LogP contribution in [0, 0.1) is 17.2 Å². The zero-order valence-electron chi connectivity index (χ0n) is 8.60. The first kappa shape index (κ1) is 12.3. The molecule has 0 aliphatic heterocycles. The van der Waals surface area contributed by atoms with E-state index in [1.165, 1.54) is 0 Å². The summed E-state index contributed by atoms with van der Waals surface area (Å²) in [6, 6.07) is 2.00.